The molecule has 0 atom stereocenters. The zero-order valence-corrected chi connectivity index (χ0v) is 15.4. The lowest BCUT2D eigenvalue weighted by Crippen LogP contribution is -2.38. The first-order chi connectivity index (χ1) is 13.0. The Morgan fingerprint density at radius 3 is 2.48 bits per heavy atom. The molecule has 0 bridgehead atoms. The van der Waals surface area contributed by atoms with Crippen LogP contribution in [0.1, 0.15) is 39.7 Å². The number of nitro groups is 1. The Hall–Kier alpha value is -3.34. The summed E-state index contributed by atoms with van der Waals surface area (Å²) in [5.74, 6) is -0.209. The molecule has 0 aliphatic carbocycles. The first-order valence-electron chi connectivity index (χ1n) is 8.85. The second kappa shape index (κ2) is 7.91. The molecule has 2 aromatic carbocycles. The van der Waals surface area contributed by atoms with Crippen molar-refractivity contribution in [2.24, 2.45) is 0 Å². The highest BCUT2D eigenvalue weighted by atomic mass is 16.6. The van der Waals surface area contributed by atoms with Crippen LogP contribution in [0.4, 0.5) is 5.69 Å². The molecule has 1 heterocycles. The molecule has 0 unspecified atom stereocenters. The molecule has 0 spiro atoms. The molecular formula is C22H21N2O3+. The highest BCUT2D eigenvalue weighted by Crippen LogP contribution is 2.21. The molecular weight excluding hydrogens is 340 g/mol. The first-order valence-corrected chi connectivity index (χ1v) is 8.85. The Morgan fingerprint density at radius 2 is 1.81 bits per heavy atom. The molecule has 0 aliphatic rings. The van der Waals surface area contributed by atoms with Gasteiger partial charge in [-0.1, -0.05) is 37.3 Å². The third-order valence-electron chi connectivity index (χ3n) is 4.65. The van der Waals surface area contributed by atoms with Crippen LogP contribution >= 0.6 is 0 Å². The number of pyridine rings is 1. The van der Waals surface area contributed by atoms with E-state index in [1.54, 1.807) is 30.3 Å². The maximum absolute atomic E-state index is 13.0. The van der Waals surface area contributed by atoms with Gasteiger partial charge in [0.25, 0.3) is 5.69 Å². The highest BCUT2D eigenvalue weighted by Gasteiger charge is 2.21. The molecule has 1 aromatic heterocycles. The smallest absolute Gasteiger partial charge is 0.270 e. The van der Waals surface area contributed by atoms with Crippen molar-refractivity contribution in [1.82, 2.24) is 0 Å². The maximum atomic E-state index is 13.0. The Labute approximate surface area is 158 Å². The predicted molar refractivity (Wildman–Crippen MR) is 103 cm³/mol. The van der Waals surface area contributed by atoms with Crippen molar-refractivity contribution < 1.29 is 14.3 Å². The van der Waals surface area contributed by atoms with Crippen molar-refractivity contribution in [3.63, 3.8) is 0 Å². The van der Waals surface area contributed by atoms with Crippen molar-refractivity contribution in [1.29, 1.82) is 0 Å². The van der Waals surface area contributed by atoms with Gasteiger partial charge in [0.05, 0.1) is 4.92 Å². The van der Waals surface area contributed by atoms with Crippen LogP contribution in [0.2, 0.25) is 0 Å². The van der Waals surface area contributed by atoms with E-state index in [-0.39, 0.29) is 11.5 Å². The van der Waals surface area contributed by atoms with Gasteiger partial charge in [-0.15, -0.1) is 0 Å². The number of aryl methyl sites for hydroxylation is 2. The maximum Gasteiger partial charge on any atom is 0.270 e. The fourth-order valence-corrected chi connectivity index (χ4v) is 3.00. The number of rotatable bonds is 6. The Kier molecular flexibility index (Phi) is 5.41. The van der Waals surface area contributed by atoms with Crippen LogP contribution in [0, 0.1) is 17.0 Å². The van der Waals surface area contributed by atoms with Gasteiger partial charge < -0.3 is 0 Å². The predicted octanol–water partition coefficient (Wildman–Crippen LogP) is 4.03. The minimum absolute atomic E-state index is 0.0814. The average molecular weight is 361 g/mol. The zero-order chi connectivity index (χ0) is 19.4. The monoisotopic (exact) mass is 361 g/mol. The largest absolute Gasteiger partial charge is 0.289 e. The summed E-state index contributed by atoms with van der Waals surface area (Å²) in [5.41, 5.74) is 3.81. The van der Waals surface area contributed by atoms with Crippen LogP contribution in [0.3, 0.4) is 0 Å². The Bertz CT molecular complexity index is 998. The van der Waals surface area contributed by atoms with Gasteiger partial charge in [-0.25, -0.2) is 0 Å². The topological polar surface area (TPSA) is 64.1 Å². The molecule has 0 amide bonds. The number of ketones is 1. The van der Waals surface area contributed by atoms with Crippen LogP contribution in [0.15, 0.2) is 66.9 Å². The molecule has 5 nitrogen and oxygen atoms in total. The molecule has 0 saturated heterocycles. The molecule has 3 aromatic rings. The number of nitro benzene ring substituents is 1. The zero-order valence-electron chi connectivity index (χ0n) is 15.4. The molecule has 5 heteroatoms. The van der Waals surface area contributed by atoms with Crippen LogP contribution in [-0.4, -0.2) is 10.7 Å². The van der Waals surface area contributed by atoms with E-state index in [0.717, 1.165) is 17.7 Å². The SMILES string of the molecule is CCc1ccc(C)[n+](Cc2ccc([N+](=O)[O-])cc2C(=O)c2ccccc2)c1. The average Bonchev–Trinajstić information content (AvgIpc) is 2.70. The number of aromatic nitrogens is 1. The van der Waals surface area contributed by atoms with Crippen molar-refractivity contribution in [2.45, 2.75) is 26.8 Å². The summed E-state index contributed by atoms with van der Waals surface area (Å²) in [5, 5.41) is 11.2. The van der Waals surface area contributed by atoms with Gasteiger partial charge in [0.15, 0.2) is 24.2 Å². The summed E-state index contributed by atoms with van der Waals surface area (Å²) >= 11 is 0. The summed E-state index contributed by atoms with van der Waals surface area (Å²) in [6.07, 6.45) is 2.98. The summed E-state index contributed by atoms with van der Waals surface area (Å²) in [4.78, 5) is 23.7. The van der Waals surface area contributed by atoms with E-state index in [9.17, 15) is 14.9 Å². The molecule has 27 heavy (non-hydrogen) atoms. The number of carbonyl (C=O) groups excluding carboxylic acids is 1. The first kappa shape index (κ1) is 18.5. The number of hydrogen-bond donors (Lipinski definition) is 0. The summed E-state index contributed by atoms with van der Waals surface area (Å²) in [6, 6.07) is 17.5. The third kappa shape index (κ3) is 4.08. The Morgan fingerprint density at radius 1 is 1.07 bits per heavy atom. The normalized spacial score (nSPS) is 10.6. The lowest BCUT2D eigenvalue weighted by Gasteiger charge is -2.09. The number of hydrogen-bond acceptors (Lipinski definition) is 3. The standard InChI is InChI=1S/C22H21N2O3/c1-3-17-10-9-16(2)23(14-17)15-19-11-12-20(24(26)27)13-21(19)22(25)18-7-5-4-6-8-18/h4-14H,3,15H2,1-2H3/q+1. The van der Waals surface area contributed by atoms with E-state index in [4.69, 9.17) is 0 Å². The second-order valence-corrected chi connectivity index (χ2v) is 6.45. The van der Waals surface area contributed by atoms with Gasteiger partial charge in [-0.3, -0.25) is 14.9 Å². The van der Waals surface area contributed by atoms with E-state index in [1.165, 1.54) is 17.7 Å². The van der Waals surface area contributed by atoms with E-state index in [2.05, 4.69) is 23.8 Å². The molecule has 136 valence electrons. The van der Waals surface area contributed by atoms with Gasteiger partial charge in [-0.2, -0.15) is 4.57 Å². The number of non-ortho nitro benzene ring substituents is 1. The van der Waals surface area contributed by atoms with E-state index < -0.39 is 4.92 Å². The van der Waals surface area contributed by atoms with Gasteiger partial charge in [-0.05, 0) is 18.6 Å². The minimum atomic E-state index is -0.471. The van der Waals surface area contributed by atoms with Crippen molar-refractivity contribution in [3.05, 3.63) is 105 Å². The van der Waals surface area contributed by atoms with Crippen molar-refractivity contribution in [2.75, 3.05) is 0 Å². The van der Waals surface area contributed by atoms with E-state index in [0.29, 0.717) is 17.7 Å². The third-order valence-corrected chi connectivity index (χ3v) is 4.65. The fourth-order valence-electron chi connectivity index (χ4n) is 3.00. The number of carbonyl (C=O) groups is 1. The van der Waals surface area contributed by atoms with Crippen LogP contribution in [0.25, 0.3) is 0 Å². The summed E-state index contributed by atoms with van der Waals surface area (Å²) in [7, 11) is 0. The van der Waals surface area contributed by atoms with Gasteiger partial charge in [0, 0.05) is 47.4 Å². The van der Waals surface area contributed by atoms with Crippen LogP contribution < -0.4 is 4.57 Å². The molecule has 3 rings (SSSR count). The van der Waals surface area contributed by atoms with E-state index in [1.807, 2.05) is 19.1 Å². The summed E-state index contributed by atoms with van der Waals surface area (Å²) in [6.45, 7) is 4.57. The number of nitrogens with zero attached hydrogens (tertiary/aromatic N) is 2. The quantitative estimate of drug-likeness (QED) is 0.288. The minimum Gasteiger partial charge on any atom is -0.289 e. The lowest BCUT2D eigenvalue weighted by atomic mass is 9.97. The molecule has 0 aliphatic heterocycles. The Balaban J connectivity index is 2.07. The highest BCUT2D eigenvalue weighted by molar-refractivity contribution is 6.10. The van der Waals surface area contributed by atoms with Crippen molar-refractivity contribution in [3.8, 4) is 0 Å². The molecule has 0 N–H and O–H groups in total. The van der Waals surface area contributed by atoms with Gasteiger partial charge in [0.1, 0.15) is 0 Å². The van der Waals surface area contributed by atoms with Crippen LogP contribution in [-0.2, 0) is 13.0 Å². The summed E-state index contributed by atoms with van der Waals surface area (Å²) < 4.78 is 2.07. The number of benzene rings is 2. The van der Waals surface area contributed by atoms with Gasteiger partial charge in [0.2, 0.25) is 0 Å². The van der Waals surface area contributed by atoms with Crippen molar-refractivity contribution >= 4 is 11.5 Å². The lowest BCUT2D eigenvalue weighted by molar-refractivity contribution is -0.694. The molecule has 0 saturated carbocycles. The van der Waals surface area contributed by atoms with E-state index >= 15 is 0 Å². The second-order valence-electron chi connectivity index (χ2n) is 6.45. The fraction of sp³-hybridized carbons (Fsp3) is 0.182. The van der Waals surface area contributed by atoms with Crippen LogP contribution in [0.5, 0.6) is 0 Å². The molecule has 0 fully saturated rings. The molecule has 0 radical (unpaired) electrons. The van der Waals surface area contributed by atoms with Gasteiger partial charge >= 0.3 is 0 Å².